The van der Waals surface area contributed by atoms with Crippen LogP contribution in [-0.4, -0.2) is 56.0 Å². The molecule has 1 aliphatic heterocycles. The number of hydrogen-bond acceptors (Lipinski definition) is 4. The third-order valence-electron chi connectivity index (χ3n) is 5.11. The van der Waals surface area contributed by atoms with Gasteiger partial charge in [-0.1, -0.05) is 37.1 Å². The minimum atomic E-state index is -0.266. The Kier molecular flexibility index (Phi) is 7.97. The molecule has 0 unspecified atom stereocenters. The van der Waals surface area contributed by atoms with Crippen molar-refractivity contribution in [3.8, 4) is 5.75 Å². The van der Waals surface area contributed by atoms with Crippen molar-refractivity contribution in [1.29, 1.82) is 0 Å². The summed E-state index contributed by atoms with van der Waals surface area (Å²) in [5, 5.41) is 3.43. The summed E-state index contributed by atoms with van der Waals surface area (Å²) in [6.45, 7) is 5.39. The molecule has 2 aromatic rings. The van der Waals surface area contributed by atoms with Crippen LogP contribution >= 0.6 is 11.6 Å². The molecule has 2 aromatic carbocycles. The number of carbonyl (C=O) groups is 2. The Hall–Kier alpha value is -2.73. The average Bonchev–Trinajstić information content (AvgIpc) is 2.78. The number of amides is 2. The van der Waals surface area contributed by atoms with Crippen molar-refractivity contribution < 1.29 is 14.3 Å². The Balaban J connectivity index is 1.43. The maximum absolute atomic E-state index is 12.5. The normalized spacial score (nSPS) is 13.8. The van der Waals surface area contributed by atoms with Crippen LogP contribution in [0, 0.1) is 0 Å². The van der Waals surface area contributed by atoms with Crippen LogP contribution in [0.2, 0.25) is 5.02 Å². The highest BCUT2D eigenvalue weighted by molar-refractivity contribution is 6.33. The van der Waals surface area contributed by atoms with Gasteiger partial charge in [-0.25, -0.2) is 0 Å². The minimum Gasteiger partial charge on any atom is -0.494 e. The number of para-hydroxylation sites is 1. The molecule has 0 bridgehead atoms. The van der Waals surface area contributed by atoms with Gasteiger partial charge in [0.1, 0.15) is 5.75 Å². The number of nitrogens with one attached hydrogen (secondary N) is 1. The lowest BCUT2D eigenvalue weighted by molar-refractivity contribution is -0.130. The molecule has 0 aromatic heterocycles. The molecule has 1 saturated heterocycles. The van der Waals surface area contributed by atoms with Gasteiger partial charge in [-0.2, -0.15) is 0 Å². The summed E-state index contributed by atoms with van der Waals surface area (Å²) in [7, 11) is 0. The van der Waals surface area contributed by atoms with Gasteiger partial charge in [-0.3, -0.25) is 9.59 Å². The van der Waals surface area contributed by atoms with Crippen LogP contribution < -0.4 is 15.0 Å². The third-order valence-corrected chi connectivity index (χ3v) is 5.43. The predicted molar refractivity (Wildman–Crippen MR) is 119 cm³/mol. The van der Waals surface area contributed by atoms with Gasteiger partial charge in [0.05, 0.1) is 23.9 Å². The fourth-order valence-electron chi connectivity index (χ4n) is 3.31. The van der Waals surface area contributed by atoms with Gasteiger partial charge in [0, 0.05) is 31.7 Å². The lowest BCUT2D eigenvalue weighted by Crippen LogP contribution is -2.51. The van der Waals surface area contributed by atoms with E-state index in [0.717, 1.165) is 24.3 Å². The molecule has 0 aliphatic carbocycles. The molecule has 1 aliphatic rings. The number of hydrogen-bond donors (Lipinski definition) is 1. The van der Waals surface area contributed by atoms with Crippen LogP contribution in [0.5, 0.6) is 5.75 Å². The van der Waals surface area contributed by atoms with Crippen LogP contribution in [0.4, 0.5) is 5.69 Å². The van der Waals surface area contributed by atoms with Gasteiger partial charge in [-0.15, -0.1) is 0 Å². The second-order valence-corrected chi connectivity index (χ2v) is 7.64. The summed E-state index contributed by atoms with van der Waals surface area (Å²) in [6.07, 6.45) is 2.07. The monoisotopic (exact) mass is 429 g/mol. The van der Waals surface area contributed by atoms with Gasteiger partial charge in [-0.05, 0) is 42.8 Å². The molecular formula is C23H28ClN3O3. The Morgan fingerprint density at radius 1 is 1.03 bits per heavy atom. The van der Waals surface area contributed by atoms with E-state index in [2.05, 4.69) is 17.1 Å². The van der Waals surface area contributed by atoms with Crippen LogP contribution in [0.25, 0.3) is 0 Å². The van der Waals surface area contributed by atoms with Gasteiger partial charge >= 0.3 is 0 Å². The summed E-state index contributed by atoms with van der Waals surface area (Å²) >= 11 is 6.26. The van der Waals surface area contributed by atoms with E-state index in [1.807, 2.05) is 24.3 Å². The van der Waals surface area contributed by atoms with Crippen LogP contribution in [0.1, 0.15) is 30.1 Å². The molecule has 3 rings (SSSR count). The minimum absolute atomic E-state index is 0.0142. The van der Waals surface area contributed by atoms with Crippen LogP contribution in [0.3, 0.4) is 0 Å². The van der Waals surface area contributed by atoms with E-state index in [1.165, 1.54) is 0 Å². The molecule has 0 atom stereocenters. The van der Waals surface area contributed by atoms with Crippen molar-refractivity contribution in [3.63, 3.8) is 0 Å². The maximum atomic E-state index is 12.5. The number of rotatable bonds is 8. The molecule has 1 heterocycles. The zero-order chi connectivity index (χ0) is 21.3. The summed E-state index contributed by atoms with van der Waals surface area (Å²) in [4.78, 5) is 28.8. The summed E-state index contributed by atoms with van der Waals surface area (Å²) in [5.41, 5.74) is 1.50. The maximum Gasteiger partial charge on any atom is 0.251 e. The molecule has 7 heteroatoms. The number of nitrogens with zero attached hydrogens (tertiary/aromatic N) is 2. The van der Waals surface area contributed by atoms with E-state index in [-0.39, 0.29) is 18.4 Å². The van der Waals surface area contributed by atoms with E-state index in [0.29, 0.717) is 43.4 Å². The van der Waals surface area contributed by atoms with Gasteiger partial charge in [0.15, 0.2) is 0 Å². The van der Waals surface area contributed by atoms with Crippen LogP contribution in [-0.2, 0) is 4.79 Å². The first-order valence-electron chi connectivity index (χ1n) is 10.4. The van der Waals surface area contributed by atoms with Crippen molar-refractivity contribution in [3.05, 3.63) is 59.1 Å². The molecule has 0 saturated carbocycles. The second kappa shape index (κ2) is 10.9. The highest BCUT2D eigenvalue weighted by Gasteiger charge is 2.22. The summed E-state index contributed by atoms with van der Waals surface area (Å²) in [6, 6.07) is 14.7. The van der Waals surface area contributed by atoms with Crippen molar-refractivity contribution in [2.24, 2.45) is 0 Å². The number of ether oxygens (including phenoxy) is 1. The molecule has 1 fully saturated rings. The highest BCUT2D eigenvalue weighted by Crippen LogP contribution is 2.26. The predicted octanol–water partition coefficient (Wildman–Crippen LogP) is 3.60. The van der Waals surface area contributed by atoms with E-state index in [9.17, 15) is 9.59 Å². The standard InChI is InChI=1S/C23H28ClN3O3/c1-2-3-16-30-19-10-8-18(9-11-19)23(29)25-17-22(28)27-14-12-26(13-15-27)21-7-5-4-6-20(21)24/h4-11H,2-3,12-17H2,1H3,(H,25,29). The first kappa shape index (κ1) is 22.0. The molecule has 0 radical (unpaired) electrons. The lowest BCUT2D eigenvalue weighted by Gasteiger charge is -2.36. The van der Waals surface area contributed by atoms with Crippen LogP contribution in [0.15, 0.2) is 48.5 Å². The van der Waals surface area contributed by atoms with Crippen molar-refractivity contribution >= 4 is 29.1 Å². The van der Waals surface area contributed by atoms with E-state index in [4.69, 9.17) is 16.3 Å². The van der Waals surface area contributed by atoms with E-state index in [1.54, 1.807) is 29.2 Å². The van der Waals surface area contributed by atoms with Gasteiger partial charge < -0.3 is 19.9 Å². The first-order valence-corrected chi connectivity index (χ1v) is 10.7. The fraction of sp³-hybridized carbons (Fsp3) is 0.391. The Morgan fingerprint density at radius 2 is 1.73 bits per heavy atom. The largest absolute Gasteiger partial charge is 0.494 e. The number of piperazine rings is 1. The number of carbonyl (C=O) groups excluding carboxylic acids is 2. The van der Waals surface area contributed by atoms with Gasteiger partial charge in [0.25, 0.3) is 5.91 Å². The van der Waals surface area contributed by atoms with Crippen molar-refractivity contribution in [2.45, 2.75) is 19.8 Å². The first-order chi connectivity index (χ1) is 14.6. The van der Waals surface area contributed by atoms with E-state index >= 15 is 0 Å². The van der Waals surface area contributed by atoms with Crippen molar-refractivity contribution in [1.82, 2.24) is 10.2 Å². The fourth-order valence-corrected chi connectivity index (χ4v) is 3.57. The molecule has 6 nitrogen and oxygen atoms in total. The zero-order valence-electron chi connectivity index (χ0n) is 17.3. The van der Waals surface area contributed by atoms with E-state index < -0.39 is 0 Å². The molecule has 30 heavy (non-hydrogen) atoms. The molecule has 0 spiro atoms. The molecule has 1 N–H and O–H groups in total. The molecular weight excluding hydrogens is 402 g/mol. The molecule has 2 amide bonds. The average molecular weight is 430 g/mol. The summed E-state index contributed by atoms with van der Waals surface area (Å²) < 4.78 is 5.60. The quantitative estimate of drug-likeness (QED) is 0.651. The summed E-state index contributed by atoms with van der Waals surface area (Å²) in [5.74, 6) is 0.396. The number of benzene rings is 2. The highest BCUT2D eigenvalue weighted by atomic mass is 35.5. The Bertz CT molecular complexity index is 849. The zero-order valence-corrected chi connectivity index (χ0v) is 18.0. The lowest BCUT2D eigenvalue weighted by atomic mass is 10.2. The SMILES string of the molecule is CCCCOc1ccc(C(=O)NCC(=O)N2CCN(c3ccccc3Cl)CC2)cc1. The third kappa shape index (κ3) is 5.89. The van der Waals surface area contributed by atoms with Crippen molar-refractivity contribution in [2.75, 3.05) is 44.2 Å². The Labute approximate surface area is 182 Å². The second-order valence-electron chi connectivity index (χ2n) is 7.23. The molecule has 160 valence electrons. The Morgan fingerprint density at radius 3 is 2.40 bits per heavy atom. The topological polar surface area (TPSA) is 61.9 Å². The number of halogens is 1. The number of unbranched alkanes of at least 4 members (excludes halogenated alkanes) is 1. The van der Waals surface area contributed by atoms with Gasteiger partial charge in [0.2, 0.25) is 5.91 Å². The smallest absolute Gasteiger partial charge is 0.251 e. The number of anilines is 1.